The zero-order valence-corrected chi connectivity index (χ0v) is 8.03. The molecule has 1 heterocycles. The molecule has 1 aromatic heterocycles. The molecule has 0 N–H and O–H groups in total. The molecule has 0 unspecified atom stereocenters. The molecular weight excluding hydrogens is 183 g/mol. The first-order valence-corrected chi connectivity index (χ1v) is 3.91. The van der Waals surface area contributed by atoms with E-state index in [-0.39, 0.29) is 12.4 Å². The van der Waals surface area contributed by atoms with Crippen LogP contribution in [0.3, 0.4) is 0 Å². The van der Waals surface area contributed by atoms with E-state index in [4.69, 9.17) is 11.6 Å². The molecule has 0 amide bonds. The van der Waals surface area contributed by atoms with E-state index < -0.39 is 0 Å². The summed E-state index contributed by atoms with van der Waals surface area (Å²) < 4.78 is 2.10. The Morgan fingerprint density at radius 1 is 1.64 bits per heavy atom. The summed E-state index contributed by atoms with van der Waals surface area (Å²) in [5.74, 6) is 1.78. The molecule has 0 bridgehead atoms. The molecule has 0 spiro atoms. The van der Waals surface area contributed by atoms with Gasteiger partial charge in [0.05, 0.1) is 0 Å². The van der Waals surface area contributed by atoms with Crippen molar-refractivity contribution in [3.8, 4) is 0 Å². The molecule has 0 aliphatic rings. The van der Waals surface area contributed by atoms with Crippen molar-refractivity contribution in [2.75, 3.05) is 5.88 Å². The van der Waals surface area contributed by atoms with Crippen molar-refractivity contribution in [3.63, 3.8) is 0 Å². The smallest absolute Gasteiger partial charge is 0.105 e. The number of rotatable bonds is 3. The molecule has 0 atom stereocenters. The Labute approximate surface area is 78.0 Å². The van der Waals surface area contributed by atoms with Crippen LogP contribution in [0.1, 0.15) is 12.2 Å². The van der Waals surface area contributed by atoms with Crippen molar-refractivity contribution in [2.24, 2.45) is 0 Å². The summed E-state index contributed by atoms with van der Waals surface area (Å²) >= 11 is 5.54. The summed E-state index contributed by atoms with van der Waals surface area (Å²) in [6.45, 7) is 2.98. The van der Waals surface area contributed by atoms with E-state index in [0.29, 0.717) is 0 Å². The molecular formula is C7H12Cl2N2. The van der Waals surface area contributed by atoms with Gasteiger partial charge in [-0.1, -0.05) is 0 Å². The predicted octanol–water partition coefficient (Wildman–Crippen LogP) is 2.24. The first-order chi connectivity index (χ1) is 4.84. The number of aromatic nitrogens is 2. The lowest BCUT2D eigenvalue weighted by molar-refractivity contribution is 0.660. The average molecular weight is 195 g/mol. The van der Waals surface area contributed by atoms with Gasteiger partial charge in [0.1, 0.15) is 5.82 Å². The van der Waals surface area contributed by atoms with Crippen molar-refractivity contribution >= 4 is 24.0 Å². The molecule has 1 rings (SSSR count). The Morgan fingerprint density at radius 3 is 2.82 bits per heavy atom. The fourth-order valence-corrected chi connectivity index (χ4v) is 0.990. The van der Waals surface area contributed by atoms with Crippen LogP contribution >= 0.6 is 24.0 Å². The zero-order chi connectivity index (χ0) is 7.40. The van der Waals surface area contributed by atoms with Crippen LogP contribution in [-0.2, 0) is 6.54 Å². The average Bonchev–Trinajstić information content (AvgIpc) is 2.31. The van der Waals surface area contributed by atoms with Gasteiger partial charge in [0, 0.05) is 24.8 Å². The molecule has 64 valence electrons. The monoisotopic (exact) mass is 194 g/mol. The van der Waals surface area contributed by atoms with E-state index in [1.54, 1.807) is 0 Å². The normalized spacial score (nSPS) is 9.27. The predicted molar refractivity (Wildman–Crippen MR) is 49.5 cm³/mol. The second-order valence-corrected chi connectivity index (χ2v) is 2.59. The van der Waals surface area contributed by atoms with E-state index in [1.165, 1.54) is 0 Å². The molecule has 0 aliphatic heterocycles. The number of imidazole rings is 1. The third-order valence-electron chi connectivity index (χ3n) is 1.46. The van der Waals surface area contributed by atoms with Gasteiger partial charge in [0.15, 0.2) is 0 Å². The molecule has 0 radical (unpaired) electrons. The summed E-state index contributed by atoms with van der Waals surface area (Å²) in [7, 11) is 0. The van der Waals surface area contributed by atoms with Crippen LogP contribution in [0, 0.1) is 6.92 Å². The van der Waals surface area contributed by atoms with Crippen LogP contribution in [0.2, 0.25) is 0 Å². The van der Waals surface area contributed by atoms with Gasteiger partial charge in [-0.3, -0.25) is 0 Å². The molecule has 11 heavy (non-hydrogen) atoms. The third kappa shape index (κ3) is 3.12. The summed E-state index contributed by atoms with van der Waals surface area (Å²) in [4.78, 5) is 4.09. The van der Waals surface area contributed by atoms with Gasteiger partial charge in [-0.15, -0.1) is 24.0 Å². The van der Waals surface area contributed by atoms with E-state index >= 15 is 0 Å². The van der Waals surface area contributed by atoms with Crippen LogP contribution < -0.4 is 0 Å². The largest absolute Gasteiger partial charge is 0.335 e. The van der Waals surface area contributed by atoms with E-state index in [9.17, 15) is 0 Å². The maximum atomic E-state index is 5.54. The first-order valence-electron chi connectivity index (χ1n) is 3.38. The second kappa shape index (κ2) is 5.44. The summed E-state index contributed by atoms with van der Waals surface area (Å²) in [5, 5.41) is 0. The Morgan fingerprint density at radius 2 is 2.36 bits per heavy atom. The molecule has 4 heteroatoms. The van der Waals surface area contributed by atoms with Gasteiger partial charge in [-0.05, 0) is 13.3 Å². The lowest BCUT2D eigenvalue weighted by atomic mass is 10.4. The van der Waals surface area contributed by atoms with Gasteiger partial charge in [0.25, 0.3) is 0 Å². The number of aryl methyl sites for hydroxylation is 2. The summed E-state index contributed by atoms with van der Waals surface area (Å²) in [6, 6.07) is 0. The van der Waals surface area contributed by atoms with Gasteiger partial charge in [-0.2, -0.15) is 0 Å². The number of hydrogen-bond acceptors (Lipinski definition) is 1. The van der Waals surface area contributed by atoms with Crippen molar-refractivity contribution in [3.05, 3.63) is 18.2 Å². The number of hydrogen-bond donors (Lipinski definition) is 0. The highest BCUT2D eigenvalue weighted by molar-refractivity contribution is 6.17. The number of alkyl halides is 1. The van der Waals surface area contributed by atoms with Gasteiger partial charge < -0.3 is 4.57 Å². The molecule has 1 aromatic rings. The van der Waals surface area contributed by atoms with Crippen LogP contribution in [-0.4, -0.2) is 15.4 Å². The van der Waals surface area contributed by atoms with Crippen LogP contribution in [0.5, 0.6) is 0 Å². The molecule has 2 nitrogen and oxygen atoms in total. The second-order valence-electron chi connectivity index (χ2n) is 2.21. The van der Waals surface area contributed by atoms with Crippen molar-refractivity contribution < 1.29 is 0 Å². The highest BCUT2D eigenvalue weighted by Gasteiger charge is 1.93. The molecule has 0 aromatic carbocycles. The minimum absolute atomic E-state index is 0. The minimum Gasteiger partial charge on any atom is -0.335 e. The summed E-state index contributed by atoms with van der Waals surface area (Å²) in [6.07, 6.45) is 4.80. The van der Waals surface area contributed by atoms with Gasteiger partial charge in [0.2, 0.25) is 0 Å². The fraction of sp³-hybridized carbons (Fsp3) is 0.571. The minimum atomic E-state index is 0. The maximum absolute atomic E-state index is 5.54. The SMILES string of the molecule is Cc1nccn1CCCCl.Cl. The van der Waals surface area contributed by atoms with Crippen LogP contribution in [0.25, 0.3) is 0 Å². The molecule has 0 saturated carbocycles. The Kier molecular flexibility index (Phi) is 5.34. The van der Waals surface area contributed by atoms with E-state index in [2.05, 4.69) is 9.55 Å². The Bertz CT molecular complexity index is 198. The zero-order valence-electron chi connectivity index (χ0n) is 6.46. The fourth-order valence-electron chi connectivity index (χ4n) is 0.870. The van der Waals surface area contributed by atoms with Crippen LogP contribution in [0.4, 0.5) is 0 Å². The molecule has 0 saturated heterocycles. The molecule has 0 aliphatic carbocycles. The maximum Gasteiger partial charge on any atom is 0.105 e. The Balaban J connectivity index is 0.000001000. The quantitative estimate of drug-likeness (QED) is 0.676. The highest BCUT2D eigenvalue weighted by Crippen LogP contribution is 1.97. The van der Waals surface area contributed by atoms with E-state index in [0.717, 1.165) is 24.7 Å². The molecule has 0 fully saturated rings. The lowest BCUT2D eigenvalue weighted by Gasteiger charge is -2.00. The lowest BCUT2D eigenvalue weighted by Crippen LogP contribution is -1.99. The number of halogens is 2. The van der Waals surface area contributed by atoms with Crippen LogP contribution in [0.15, 0.2) is 12.4 Å². The van der Waals surface area contributed by atoms with Crippen molar-refractivity contribution in [1.29, 1.82) is 0 Å². The summed E-state index contributed by atoms with van der Waals surface area (Å²) in [5.41, 5.74) is 0. The first kappa shape index (κ1) is 10.8. The van der Waals surface area contributed by atoms with Crippen molar-refractivity contribution in [1.82, 2.24) is 9.55 Å². The number of nitrogens with zero attached hydrogens (tertiary/aromatic N) is 2. The van der Waals surface area contributed by atoms with Gasteiger partial charge >= 0.3 is 0 Å². The highest BCUT2D eigenvalue weighted by atomic mass is 35.5. The van der Waals surface area contributed by atoms with Crippen molar-refractivity contribution in [2.45, 2.75) is 19.9 Å². The standard InChI is InChI=1S/C7H11ClN2.ClH/c1-7-9-4-6-10(7)5-2-3-8;/h4,6H,2-3,5H2,1H3;1H. The van der Waals surface area contributed by atoms with Gasteiger partial charge in [-0.25, -0.2) is 4.98 Å². The van der Waals surface area contributed by atoms with E-state index in [1.807, 2.05) is 19.3 Å². The Hall–Kier alpha value is -0.210. The topological polar surface area (TPSA) is 17.8 Å². The third-order valence-corrected chi connectivity index (χ3v) is 1.72.